The van der Waals surface area contributed by atoms with Crippen LogP contribution in [0.15, 0.2) is 36.1 Å². The Morgan fingerprint density at radius 2 is 2.16 bits per heavy atom. The van der Waals surface area contributed by atoms with Crippen LogP contribution in [0.25, 0.3) is 16.7 Å². The maximum absolute atomic E-state index is 12.1. The van der Waals surface area contributed by atoms with Gasteiger partial charge in [-0.15, -0.1) is 11.3 Å². The van der Waals surface area contributed by atoms with Gasteiger partial charge in [0.25, 0.3) is 5.91 Å². The molecule has 1 aliphatic rings. The van der Waals surface area contributed by atoms with E-state index in [0.29, 0.717) is 23.9 Å². The smallest absolute Gasteiger partial charge is 0.252 e. The number of thiophene rings is 1. The van der Waals surface area contributed by atoms with Crippen molar-refractivity contribution >= 4 is 39.2 Å². The fraction of sp³-hybridized carbons (Fsp3) is 0.364. The van der Waals surface area contributed by atoms with E-state index in [-0.39, 0.29) is 12.0 Å². The summed E-state index contributed by atoms with van der Waals surface area (Å²) in [6.45, 7) is 2.49. The molecular formula is C22H25N7O2S. The molecule has 5 rings (SSSR count). The van der Waals surface area contributed by atoms with Crippen LogP contribution < -0.4 is 15.4 Å². The van der Waals surface area contributed by atoms with Crippen LogP contribution in [0.4, 0.5) is 10.9 Å². The van der Waals surface area contributed by atoms with Crippen molar-refractivity contribution in [2.45, 2.75) is 38.7 Å². The number of rotatable bonds is 7. The first-order valence-electron chi connectivity index (χ1n) is 10.8. The zero-order valence-corrected chi connectivity index (χ0v) is 18.9. The number of ether oxygens (including phenoxy) is 1. The monoisotopic (exact) mass is 451 g/mol. The maximum Gasteiger partial charge on any atom is 0.252 e. The summed E-state index contributed by atoms with van der Waals surface area (Å²) >= 11 is 1.44. The molecule has 4 aromatic heterocycles. The van der Waals surface area contributed by atoms with Gasteiger partial charge in [-0.3, -0.25) is 9.48 Å². The molecule has 4 aromatic rings. The molecule has 0 unspecified atom stereocenters. The predicted molar refractivity (Wildman–Crippen MR) is 124 cm³/mol. The Kier molecular flexibility index (Phi) is 5.52. The van der Waals surface area contributed by atoms with Crippen LogP contribution in [0.1, 0.15) is 43.0 Å². The van der Waals surface area contributed by atoms with Crippen molar-refractivity contribution in [2.75, 3.05) is 11.9 Å². The third-order valence-electron chi connectivity index (χ3n) is 5.49. The topological polar surface area (TPSA) is 98.9 Å². The van der Waals surface area contributed by atoms with Crippen LogP contribution in [0.5, 0.6) is 5.88 Å². The number of aromatic nitrogens is 5. The summed E-state index contributed by atoms with van der Waals surface area (Å²) in [6, 6.07) is 3.76. The summed E-state index contributed by atoms with van der Waals surface area (Å²) < 4.78 is 10.1. The molecule has 0 bridgehead atoms. The Bertz CT molecular complexity index is 1250. The Labute approximate surface area is 189 Å². The minimum absolute atomic E-state index is 0.0908. The summed E-state index contributed by atoms with van der Waals surface area (Å²) in [5, 5.41) is 13.0. The van der Waals surface area contributed by atoms with Crippen LogP contribution in [0.3, 0.4) is 0 Å². The highest BCUT2D eigenvalue weighted by molar-refractivity contribution is 7.14. The third kappa shape index (κ3) is 4.05. The van der Waals surface area contributed by atoms with Crippen molar-refractivity contribution in [1.82, 2.24) is 29.6 Å². The number of carbonyl (C=O) groups excluding carboxylic acids is 1. The van der Waals surface area contributed by atoms with Crippen LogP contribution >= 0.6 is 11.3 Å². The number of hydrogen-bond acceptors (Lipinski definition) is 7. The van der Waals surface area contributed by atoms with Crippen molar-refractivity contribution < 1.29 is 9.53 Å². The van der Waals surface area contributed by atoms with E-state index in [0.717, 1.165) is 34.6 Å². The lowest BCUT2D eigenvalue weighted by Gasteiger charge is -2.15. The number of hydrogen-bond donors (Lipinski definition) is 2. The van der Waals surface area contributed by atoms with E-state index in [1.807, 2.05) is 48.4 Å². The predicted octanol–water partition coefficient (Wildman–Crippen LogP) is 4.03. The fourth-order valence-electron chi connectivity index (χ4n) is 3.96. The number of amides is 1. The molecule has 0 aromatic carbocycles. The van der Waals surface area contributed by atoms with Gasteiger partial charge >= 0.3 is 0 Å². The van der Waals surface area contributed by atoms with E-state index in [2.05, 4.69) is 15.7 Å². The summed E-state index contributed by atoms with van der Waals surface area (Å²) in [5.41, 5.74) is 3.14. The van der Waals surface area contributed by atoms with Gasteiger partial charge in [-0.05, 0) is 44.7 Å². The normalized spacial score (nSPS) is 14.2. The van der Waals surface area contributed by atoms with Crippen LogP contribution in [-0.4, -0.2) is 42.9 Å². The first-order valence-corrected chi connectivity index (χ1v) is 11.7. The third-order valence-corrected chi connectivity index (χ3v) is 6.33. The van der Waals surface area contributed by atoms with Crippen LogP contribution in [0, 0.1) is 0 Å². The van der Waals surface area contributed by atoms with Crippen molar-refractivity contribution in [3.63, 3.8) is 0 Å². The van der Waals surface area contributed by atoms with E-state index in [1.54, 1.807) is 10.9 Å². The highest BCUT2D eigenvalue weighted by Gasteiger charge is 2.22. The van der Waals surface area contributed by atoms with Crippen molar-refractivity contribution in [2.24, 2.45) is 7.05 Å². The molecule has 2 N–H and O–H groups in total. The molecule has 0 atom stereocenters. The standard InChI is InChI=1S/C22H25N7O2S/c1-3-23-20(30)14-10-18(32-13-14)26-22-25-17-8-9-29(15-11-24-28(2)12-15)19(17)21(27-22)31-16-6-4-5-7-16/h8-13,16H,3-7H2,1-2H3,(H,23,30)(H,25,26,27). The number of nitrogens with one attached hydrogen (secondary N) is 2. The van der Waals surface area contributed by atoms with E-state index < -0.39 is 0 Å². The van der Waals surface area contributed by atoms with Gasteiger partial charge in [0, 0.05) is 31.4 Å². The first-order chi connectivity index (χ1) is 15.6. The molecule has 0 saturated heterocycles. The van der Waals surface area contributed by atoms with Gasteiger partial charge in [0.15, 0.2) is 0 Å². The Hall–Kier alpha value is -3.40. The van der Waals surface area contributed by atoms with E-state index in [9.17, 15) is 4.79 Å². The molecule has 1 fully saturated rings. The average Bonchev–Trinajstić information content (AvgIpc) is 3.55. The quantitative estimate of drug-likeness (QED) is 0.440. The molecule has 32 heavy (non-hydrogen) atoms. The number of anilines is 2. The molecular weight excluding hydrogens is 426 g/mol. The summed E-state index contributed by atoms with van der Waals surface area (Å²) in [7, 11) is 1.89. The van der Waals surface area contributed by atoms with Gasteiger partial charge < -0.3 is 19.9 Å². The minimum Gasteiger partial charge on any atom is -0.473 e. The number of carbonyl (C=O) groups is 1. The van der Waals surface area contributed by atoms with Gasteiger partial charge in [-0.25, -0.2) is 4.98 Å². The van der Waals surface area contributed by atoms with Gasteiger partial charge in [0.2, 0.25) is 11.8 Å². The average molecular weight is 452 g/mol. The second-order valence-electron chi connectivity index (χ2n) is 7.85. The fourth-order valence-corrected chi connectivity index (χ4v) is 4.73. The largest absolute Gasteiger partial charge is 0.473 e. The lowest BCUT2D eigenvalue weighted by Crippen LogP contribution is -2.21. The SMILES string of the molecule is CCNC(=O)c1csc(Nc2nc(OC3CCCC3)c3c(ccn3-c3cnn(C)c3)n2)c1. The van der Waals surface area contributed by atoms with E-state index >= 15 is 0 Å². The number of aryl methyl sites for hydroxylation is 1. The highest BCUT2D eigenvalue weighted by Crippen LogP contribution is 2.33. The van der Waals surface area contributed by atoms with Gasteiger partial charge in [-0.2, -0.15) is 10.1 Å². The van der Waals surface area contributed by atoms with Crippen molar-refractivity contribution in [3.05, 3.63) is 41.7 Å². The lowest BCUT2D eigenvalue weighted by atomic mass is 10.3. The second-order valence-corrected chi connectivity index (χ2v) is 8.76. The summed E-state index contributed by atoms with van der Waals surface area (Å²) in [5.74, 6) is 0.907. The zero-order chi connectivity index (χ0) is 22.1. The Balaban J connectivity index is 1.51. The molecule has 10 heteroatoms. The van der Waals surface area contributed by atoms with E-state index in [1.165, 1.54) is 24.2 Å². The minimum atomic E-state index is -0.0908. The molecule has 0 aliphatic heterocycles. The zero-order valence-electron chi connectivity index (χ0n) is 18.0. The summed E-state index contributed by atoms with van der Waals surface area (Å²) in [6.07, 6.45) is 10.3. The molecule has 1 saturated carbocycles. The molecule has 166 valence electrons. The van der Waals surface area contributed by atoms with E-state index in [4.69, 9.17) is 14.7 Å². The van der Waals surface area contributed by atoms with Gasteiger partial charge in [0.1, 0.15) is 11.6 Å². The maximum atomic E-state index is 12.1. The molecule has 0 spiro atoms. The van der Waals surface area contributed by atoms with Gasteiger partial charge in [-0.1, -0.05) is 0 Å². The molecule has 9 nitrogen and oxygen atoms in total. The molecule has 1 aliphatic carbocycles. The second kappa shape index (κ2) is 8.62. The van der Waals surface area contributed by atoms with Gasteiger partial charge in [0.05, 0.1) is 28.0 Å². The molecule has 4 heterocycles. The first kappa shape index (κ1) is 20.5. The van der Waals surface area contributed by atoms with Crippen molar-refractivity contribution in [1.29, 1.82) is 0 Å². The number of nitrogens with zero attached hydrogens (tertiary/aromatic N) is 5. The highest BCUT2D eigenvalue weighted by atomic mass is 32.1. The Morgan fingerprint density at radius 1 is 1.31 bits per heavy atom. The number of fused-ring (bicyclic) bond motifs is 1. The van der Waals surface area contributed by atoms with Crippen LogP contribution in [0.2, 0.25) is 0 Å². The molecule has 1 amide bonds. The summed E-state index contributed by atoms with van der Waals surface area (Å²) in [4.78, 5) is 21.5. The molecule has 0 radical (unpaired) electrons. The van der Waals surface area contributed by atoms with Crippen molar-refractivity contribution in [3.8, 4) is 11.6 Å². The van der Waals surface area contributed by atoms with Crippen LogP contribution in [-0.2, 0) is 7.05 Å². The Morgan fingerprint density at radius 3 is 2.91 bits per heavy atom. The lowest BCUT2D eigenvalue weighted by molar-refractivity contribution is 0.0956.